The summed E-state index contributed by atoms with van der Waals surface area (Å²) in [4.78, 5) is 27.6. The zero-order chi connectivity index (χ0) is 19.9. The number of aliphatic imine (C=N–C) groups is 1. The number of nitrogens with zero attached hydrogens (tertiary/aromatic N) is 1. The predicted molar refractivity (Wildman–Crippen MR) is 107 cm³/mol. The van der Waals surface area contributed by atoms with Gasteiger partial charge in [-0.05, 0) is 26.8 Å². The number of carboxylic acid groups (broad SMARTS) is 1. The van der Waals surface area contributed by atoms with Crippen LogP contribution < -0.4 is 10.6 Å². The SMILES string of the molecule is CC(C)(C)NCC(=O)Nc1ccccc1C(=NCC(=O)O)c1ccccc1. The molecule has 2 aromatic rings. The summed E-state index contributed by atoms with van der Waals surface area (Å²) in [6.45, 7) is 5.78. The fourth-order valence-corrected chi connectivity index (χ4v) is 2.41. The number of carbonyl (C=O) groups excluding carboxylic acids is 1. The Morgan fingerprint density at radius 2 is 1.63 bits per heavy atom. The second kappa shape index (κ2) is 9.09. The van der Waals surface area contributed by atoms with E-state index in [1.165, 1.54) is 0 Å². The fourth-order valence-electron chi connectivity index (χ4n) is 2.41. The molecule has 0 radical (unpaired) electrons. The first-order valence-corrected chi connectivity index (χ1v) is 8.72. The Morgan fingerprint density at radius 1 is 1.00 bits per heavy atom. The fraction of sp³-hybridized carbons (Fsp3) is 0.286. The lowest BCUT2D eigenvalue weighted by Gasteiger charge is -2.20. The highest BCUT2D eigenvalue weighted by Gasteiger charge is 2.15. The highest BCUT2D eigenvalue weighted by Crippen LogP contribution is 2.20. The zero-order valence-corrected chi connectivity index (χ0v) is 15.8. The maximum atomic E-state index is 12.3. The number of amides is 1. The van der Waals surface area contributed by atoms with Crippen molar-refractivity contribution in [3.63, 3.8) is 0 Å². The van der Waals surface area contributed by atoms with Crippen molar-refractivity contribution in [1.29, 1.82) is 0 Å². The lowest BCUT2D eigenvalue weighted by molar-refractivity contribution is -0.135. The van der Waals surface area contributed by atoms with Crippen molar-refractivity contribution in [1.82, 2.24) is 5.32 Å². The maximum Gasteiger partial charge on any atom is 0.325 e. The number of aliphatic carboxylic acids is 1. The summed E-state index contributed by atoms with van der Waals surface area (Å²) < 4.78 is 0. The molecule has 0 heterocycles. The van der Waals surface area contributed by atoms with Crippen LogP contribution in [0, 0.1) is 0 Å². The molecule has 0 aromatic heterocycles. The zero-order valence-electron chi connectivity index (χ0n) is 15.8. The first-order chi connectivity index (χ1) is 12.8. The number of para-hydroxylation sites is 1. The molecule has 1 amide bonds. The van der Waals surface area contributed by atoms with Gasteiger partial charge in [-0.3, -0.25) is 14.6 Å². The molecule has 142 valence electrons. The van der Waals surface area contributed by atoms with Crippen LogP contribution >= 0.6 is 0 Å². The van der Waals surface area contributed by atoms with Gasteiger partial charge in [-0.25, -0.2) is 0 Å². The van der Waals surface area contributed by atoms with Gasteiger partial charge in [0, 0.05) is 16.7 Å². The molecule has 2 aromatic carbocycles. The quantitative estimate of drug-likeness (QED) is 0.656. The minimum Gasteiger partial charge on any atom is -0.480 e. The van der Waals surface area contributed by atoms with Crippen molar-refractivity contribution in [3.05, 3.63) is 65.7 Å². The first kappa shape index (κ1) is 20.3. The molecule has 27 heavy (non-hydrogen) atoms. The van der Waals surface area contributed by atoms with E-state index in [1.807, 2.05) is 69.3 Å². The van der Waals surface area contributed by atoms with E-state index in [-0.39, 0.29) is 24.5 Å². The van der Waals surface area contributed by atoms with Crippen LogP contribution in [0.15, 0.2) is 59.6 Å². The lowest BCUT2D eigenvalue weighted by Crippen LogP contribution is -2.41. The Kier molecular flexibility index (Phi) is 6.85. The molecule has 0 saturated carbocycles. The smallest absolute Gasteiger partial charge is 0.325 e. The Bertz CT molecular complexity index is 824. The normalized spacial score (nSPS) is 11.9. The summed E-state index contributed by atoms with van der Waals surface area (Å²) in [5.74, 6) is -1.19. The third kappa shape index (κ3) is 6.67. The number of carbonyl (C=O) groups is 2. The standard InChI is InChI=1S/C21H25N3O3/c1-21(2,3)23-13-18(25)24-17-12-8-7-11-16(17)20(22-14-19(26)27)15-9-5-4-6-10-15/h4-12,23H,13-14H2,1-3H3,(H,24,25)(H,26,27). The van der Waals surface area contributed by atoms with E-state index in [9.17, 15) is 9.59 Å². The van der Waals surface area contributed by atoms with Crippen molar-refractivity contribution >= 4 is 23.3 Å². The molecule has 0 fully saturated rings. The minimum absolute atomic E-state index is 0.171. The highest BCUT2D eigenvalue weighted by molar-refractivity contribution is 6.17. The molecule has 0 atom stereocenters. The van der Waals surface area contributed by atoms with Crippen LogP contribution in [0.25, 0.3) is 0 Å². The van der Waals surface area contributed by atoms with Gasteiger partial charge in [0.05, 0.1) is 17.9 Å². The number of hydrogen-bond acceptors (Lipinski definition) is 4. The molecular weight excluding hydrogens is 342 g/mol. The molecule has 0 saturated heterocycles. The second-order valence-corrected chi connectivity index (χ2v) is 7.12. The van der Waals surface area contributed by atoms with E-state index in [0.717, 1.165) is 5.56 Å². The number of carboxylic acids is 1. The maximum absolute atomic E-state index is 12.3. The average Bonchev–Trinajstić information content (AvgIpc) is 2.61. The number of hydrogen-bond donors (Lipinski definition) is 3. The van der Waals surface area contributed by atoms with Crippen LogP contribution in [0.1, 0.15) is 31.9 Å². The first-order valence-electron chi connectivity index (χ1n) is 8.72. The van der Waals surface area contributed by atoms with E-state index >= 15 is 0 Å². The number of anilines is 1. The number of benzene rings is 2. The van der Waals surface area contributed by atoms with Crippen molar-refractivity contribution in [2.75, 3.05) is 18.4 Å². The van der Waals surface area contributed by atoms with E-state index in [0.29, 0.717) is 17.0 Å². The molecule has 0 aliphatic heterocycles. The average molecular weight is 367 g/mol. The third-order valence-electron chi connectivity index (χ3n) is 3.66. The lowest BCUT2D eigenvalue weighted by atomic mass is 10.0. The molecule has 0 aliphatic rings. The molecule has 3 N–H and O–H groups in total. The summed E-state index contributed by atoms with van der Waals surface area (Å²) in [6, 6.07) is 16.6. The summed E-state index contributed by atoms with van der Waals surface area (Å²) in [6.07, 6.45) is 0. The van der Waals surface area contributed by atoms with Gasteiger partial charge < -0.3 is 15.7 Å². The van der Waals surface area contributed by atoms with Gasteiger partial charge in [0.25, 0.3) is 0 Å². The van der Waals surface area contributed by atoms with Crippen molar-refractivity contribution in [2.45, 2.75) is 26.3 Å². The second-order valence-electron chi connectivity index (χ2n) is 7.12. The molecular formula is C21H25N3O3. The summed E-state index contributed by atoms with van der Waals surface area (Å²) in [5.41, 5.74) is 2.40. The summed E-state index contributed by atoms with van der Waals surface area (Å²) in [7, 11) is 0. The van der Waals surface area contributed by atoms with Gasteiger partial charge >= 0.3 is 5.97 Å². The van der Waals surface area contributed by atoms with Gasteiger partial charge in [-0.2, -0.15) is 0 Å². The molecule has 2 rings (SSSR count). The van der Waals surface area contributed by atoms with E-state index in [1.54, 1.807) is 6.07 Å². The van der Waals surface area contributed by atoms with Gasteiger partial charge in [-0.1, -0.05) is 48.5 Å². The van der Waals surface area contributed by atoms with Gasteiger partial charge in [-0.15, -0.1) is 0 Å². The highest BCUT2D eigenvalue weighted by atomic mass is 16.4. The Morgan fingerprint density at radius 3 is 2.26 bits per heavy atom. The van der Waals surface area contributed by atoms with Crippen LogP contribution in [0.2, 0.25) is 0 Å². The Labute approximate surface area is 159 Å². The monoisotopic (exact) mass is 367 g/mol. The molecule has 6 nitrogen and oxygen atoms in total. The number of rotatable bonds is 7. The van der Waals surface area contributed by atoms with Gasteiger partial charge in [0.1, 0.15) is 6.54 Å². The molecule has 0 bridgehead atoms. The molecule has 0 unspecified atom stereocenters. The van der Waals surface area contributed by atoms with Crippen molar-refractivity contribution in [3.8, 4) is 0 Å². The molecule has 0 aliphatic carbocycles. The topological polar surface area (TPSA) is 90.8 Å². The van der Waals surface area contributed by atoms with E-state index in [2.05, 4.69) is 15.6 Å². The Balaban J connectivity index is 2.33. The van der Waals surface area contributed by atoms with Crippen LogP contribution in [0.3, 0.4) is 0 Å². The van der Waals surface area contributed by atoms with Crippen LogP contribution in [-0.4, -0.2) is 41.3 Å². The van der Waals surface area contributed by atoms with Gasteiger partial charge in [0.2, 0.25) is 5.91 Å². The van der Waals surface area contributed by atoms with Crippen LogP contribution in [0.5, 0.6) is 0 Å². The number of nitrogens with one attached hydrogen (secondary N) is 2. The van der Waals surface area contributed by atoms with E-state index in [4.69, 9.17) is 5.11 Å². The summed E-state index contributed by atoms with van der Waals surface area (Å²) >= 11 is 0. The van der Waals surface area contributed by atoms with Crippen molar-refractivity contribution in [2.24, 2.45) is 4.99 Å². The largest absolute Gasteiger partial charge is 0.480 e. The van der Waals surface area contributed by atoms with Crippen LogP contribution in [0.4, 0.5) is 5.69 Å². The van der Waals surface area contributed by atoms with Gasteiger partial charge in [0.15, 0.2) is 0 Å². The predicted octanol–water partition coefficient (Wildman–Crippen LogP) is 2.94. The molecule has 0 spiro atoms. The minimum atomic E-state index is -1.01. The summed E-state index contributed by atoms with van der Waals surface area (Å²) in [5, 5.41) is 15.1. The van der Waals surface area contributed by atoms with Crippen LogP contribution in [-0.2, 0) is 9.59 Å². The Hall–Kier alpha value is -2.99. The third-order valence-corrected chi connectivity index (χ3v) is 3.66. The van der Waals surface area contributed by atoms with E-state index < -0.39 is 5.97 Å². The van der Waals surface area contributed by atoms with Crippen molar-refractivity contribution < 1.29 is 14.7 Å². The molecule has 6 heteroatoms.